The van der Waals surface area contributed by atoms with Crippen LogP contribution in [0.1, 0.15) is 109 Å². The topological polar surface area (TPSA) is 240 Å². The Morgan fingerprint density at radius 2 is 1.66 bits per heavy atom. The number of esters is 4. The summed E-state index contributed by atoms with van der Waals surface area (Å²) < 4.78 is 41.9. The standard InChI is InChI=1S/C48H59NO16/c1-24-30-22-48(58)40(63-41(55)27-16-12-17-28(20-27)59-9)38-46(8,39(54)37(61-25(2)50)34(24)45(48,6)7)31(51)21-32-47(38,23-60-32)64-33(52)19-13-15-26-14-10-11-18-29(26)35(36(53)42(56)62-30)49-43(57)65-44(3,4)5/h10-12,14,16-18,20,30-32,35-38,40,51,53,58H,13,15,19,21-23H2,1-9H3,(H,49,57). The summed E-state index contributed by atoms with van der Waals surface area (Å²) in [5.74, 6) is -6.04. The van der Waals surface area contributed by atoms with E-state index in [0.29, 0.717) is 16.9 Å². The largest absolute Gasteiger partial charge is 0.497 e. The van der Waals surface area contributed by atoms with E-state index in [1.807, 2.05) is 0 Å². The maximum absolute atomic E-state index is 15.7. The number of carbonyl (C=O) groups is 6. The molecule has 3 aliphatic carbocycles. The minimum atomic E-state index is -2.43. The van der Waals surface area contributed by atoms with Gasteiger partial charge in [-0.2, -0.15) is 0 Å². The molecule has 352 valence electrons. The lowest BCUT2D eigenvalue weighted by atomic mass is 9.44. The molecule has 4 N–H and O–H groups in total. The highest BCUT2D eigenvalue weighted by Crippen LogP contribution is 2.64. The van der Waals surface area contributed by atoms with Gasteiger partial charge >= 0.3 is 30.0 Å². The van der Waals surface area contributed by atoms with Crippen molar-refractivity contribution in [1.29, 1.82) is 0 Å². The average Bonchev–Trinajstić information content (AvgIpc) is 3.22. The Balaban J connectivity index is 1.48. The van der Waals surface area contributed by atoms with Crippen molar-refractivity contribution in [3.63, 3.8) is 0 Å². The molecule has 2 aromatic carbocycles. The number of fused-ring (bicyclic) bond motifs is 3. The molecule has 7 rings (SSSR count). The van der Waals surface area contributed by atoms with Gasteiger partial charge in [0, 0.05) is 31.6 Å². The first-order valence-corrected chi connectivity index (χ1v) is 21.9. The van der Waals surface area contributed by atoms with Crippen LogP contribution in [0.5, 0.6) is 5.75 Å². The Kier molecular flexibility index (Phi) is 12.5. The summed E-state index contributed by atoms with van der Waals surface area (Å²) in [5, 5.41) is 40.7. The van der Waals surface area contributed by atoms with Crippen LogP contribution in [0.25, 0.3) is 0 Å². The molecule has 0 aromatic heterocycles. The van der Waals surface area contributed by atoms with Crippen LogP contribution in [-0.4, -0.2) is 118 Å². The van der Waals surface area contributed by atoms with Crippen LogP contribution < -0.4 is 10.1 Å². The lowest BCUT2D eigenvalue weighted by Crippen LogP contribution is -2.82. The number of aliphatic hydroxyl groups excluding tert-OH is 2. The molecule has 11 atom stereocenters. The summed E-state index contributed by atoms with van der Waals surface area (Å²) in [6.45, 7) is 11.7. The van der Waals surface area contributed by atoms with E-state index >= 15 is 4.79 Å². The second-order valence-corrected chi connectivity index (χ2v) is 19.5. The number of alkyl carbamates (subject to hydrolysis) is 1. The summed E-state index contributed by atoms with van der Waals surface area (Å²) in [6, 6.07) is 11.3. The van der Waals surface area contributed by atoms with Crippen LogP contribution in [0.2, 0.25) is 0 Å². The number of amides is 1. The Labute approximate surface area is 377 Å². The van der Waals surface area contributed by atoms with Crippen molar-refractivity contribution in [2.75, 3.05) is 13.7 Å². The second kappa shape index (κ2) is 17.1. The molecule has 17 nitrogen and oxygen atoms in total. The molecule has 2 aromatic rings. The first-order valence-electron chi connectivity index (χ1n) is 21.9. The minimum absolute atomic E-state index is 0.0159. The number of ether oxygens (including phenoxy) is 7. The van der Waals surface area contributed by atoms with E-state index in [-0.39, 0.29) is 49.0 Å². The highest BCUT2D eigenvalue weighted by atomic mass is 16.6. The Morgan fingerprint density at radius 1 is 0.954 bits per heavy atom. The molecule has 2 aliphatic heterocycles. The van der Waals surface area contributed by atoms with Crippen molar-refractivity contribution >= 4 is 35.8 Å². The van der Waals surface area contributed by atoms with Gasteiger partial charge in [-0.15, -0.1) is 0 Å². The predicted octanol–water partition coefficient (Wildman–Crippen LogP) is 4.16. The van der Waals surface area contributed by atoms with Crippen LogP contribution in [0.3, 0.4) is 0 Å². The van der Waals surface area contributed by atoms with Crippen molar-refractivity contribution in [1.82, 2.24) is 5.32 Å². The van der Waals surface area contributed by atoms with Crippen molar-refractivity contribution < 1.29 is 77.2 Å². The quantitative estimate of drug-likeness (QED) is 0.187. The average molecular weight is 906 g/mol. The van der Waals surface area contributed by atoms with E-state index in [1.165, 1.54) is 33.1 Å². The number of benzene rings is 2. The molecule has 3 fully saturated rings. The Bertz CT molecular complexity index is 2300. The van der Waals surface area contributed by atoms with E-state index < -0.39 is 118 Å². The fourth-order valence-electron chi connectivity index (χ4n) is 10.8. The SMILES string of the molecule is COc1cccc(C(=O)OC2C3C45COC4CC(O)C3(C)C(=O)C(OC(C)=O)C3=C(C)C(CC2(O)C3(C)C)OC(=O)C(O)C(NC(=O)OC(C)(C)C)c2ccccc2CCCC(=O)O5)c1. The molecule has 1 saturated heterocycles. The first kappa shape index (κ1) is 47.6. The zero-order chi connectivity index (χ0) is 47.6. The third-order valence-corrected chi connectivity index (χ3v) is 14.2. The summed E-state index contributed by atoms with van der Waals surface area (Å²) in [6.07, 6.45) is -11.6. The van der Waals surface area contributed by atoms with Crippen LogP contribution >= 0.6 is 0 Å². The van der Waals surface area contributed by atoms with Crippen LogP contribution in [-0.2, 0) is 54.0 Å². The second-order valence-electron chi connectivity index (χ2n) is 19.5. The van der Waals surface area contributed by atoms with E-state index in [1.54, 1.807) is 71.0 Å². The molecular formula is C48H59NO16. The monoisotopic (exact) mass is 905 g/mol. The fourth-order valence-corrected chi connectivity index (χ4v) is 10.8. The molecule has 17 heteroatoms. The zero-order valence-electron chi connectivity index (χ0n) is 38.1. The number of aliphatic hydroxyl groups is 3. The molecular weight excluding hydrogens is 847 g/mol. The molecule has 0 radical (unpaired) electrons. The van der Waals surface area contributed by atoms with Gasteiger partial charge in [0.15, 0.2) is 23.6 Å². The summed E-state index contributed by atoms with van der Waals surface area (Å²) >= 11 is 0. The van der Waals surface area contributed by atoms with Gasteiger partial charge in [0.05, 0.1) is 42.8 Å². The lowest BCUT2D eigenvalue weighted by Gasteiger charge is -2.67. The Hall–Kier alpha value is -5.36. The van der Waals surface area contributed by atoms with E-state index in [0.717, 1.165) is 6.92 Å². The van der Waals surface area contributed by atoms with Gasteiger partial charge in [-0.1, -0.05) is 44.2 Å². The molecule has 11 unspecified atom stereocenters. The minimum Gasteiger partial charge on any atom is -0.497 e. The van der Waals surface area contributed by atoms with Gasteiger partial charge in [-0.25, -0.2) is 14.4 Å². The number of nitrogens with one attached hydrogen (secondary N) is 1. The highest BCUT2D eigenvalue weighted by molar-refractivity contribution is 5.95. The maximum atomic E-state index is 15.7. The van der Waals surface area contributed by atoms with Crippen molar-refractivity contribution in [3.8, 4) is 5.75 Å². The summed E-state index contributed by atoms with van der Waals surface area (Å²) in [4.78, 5) is 85.5. The van der Waals surface area contributed by atoms with E-state index in [2.05, 4.69) is 5.32 Å². The molecule has 1 spiro atoms. The number of hydrogen-bond donors (Lipinski definition) is 4. The maximum Gasteiger partial charge on any atom is 0.408 e. The number of hydrogen-bond acceptors (Lipinski definition) is 16. The number of aryl methyl sites for hydroxylation is 1. The van der Waals surface area contributed by atoms with Gasteiger partial charge < -0.3 is 53.8 Å². The highest BCUT2D eigenvalue weighted by Gasteiger charge is 2.78. The Morgan fingerprint density at radius 3 is 2.31 bits per heavy atom. The summed E-state index contributed by atoms with van der Waals surface area (Å²) in [5.41, 5.74) is -7.99. The first-order chi connectivity index (χ1) is 30.4. The smallest absolute Gasteiger partial charge is 0.408 e. The lowest BCUT2D eigenvalue weighted by molar-refractivity contribution is -0.346. The van der Waals surface area contributed by atoms with Gasteiger partial charge in [0.2, 0.25) is 0 Å². The third-order valence-electron chi connectivity index (χ3n) is 14.2. The molecule has 1 amide bonds. The zero-order valence-corrected chi connectivity index (χ0v) is 38.1. The van der Waals surface area contributed by atoms with Crippen LogP contribution in [0, 0.1) is 16.7 Å². The van der Waals surface area contributed by atoms with Crippen molar-refractivity contribution in [2.45, 2.75) is 147 Å². The van der Waals surface area contributed by atoms with Gasteiger partial charge in [-0.3, -0.25) is 14.4 Å². The summed E-state index contributed by atoms with van der Waals surface area (Å²) in [7, 11) is 1.41. The number of carbonyl (C=O) groups excluding carboxylic acids is 6. The number of rotatable bonds is 5. The van der Waals surface area contributed by atoms with Gasteiger partial charge in [0.1, 0.15) is 35.3 Å². The fraction of sp³-hybridized carbons (Fsp3) is 0.583. The van der Waals surface area contributed by atoms with Crippen LogP contribution in [0.4, 0.5) is 4.79 Å². The molecule has 5 aliphatic rings. The van der Waals surface area contributed by atoms with Crippen molar-refractivity contribution in [2.24, 2.45) is 16.7 Å². The molecule has 2 heterocycles. The predicted molar refractivity (Wildman–Crippen MR) is 227 cm³/mol. The van der Waals surface area contributed by atoms with Crippen LogP contribution in [0.15, 0.2) is 59.7 Å². The number of Topliss-reactive ketones (excluding diaryl/α,β-unsaturated/α-hetero) is 1. The normalized spacial score (nSPS) is 34.5. The van der Waals surface area contributed by atoms with Crippen molar-refractivity contribution in [3.05, 3.63) is 76.4 Å². The molecule has 2 saturated carbocycles. The molecule has 4 bridgehead atoms. The van der Waals surface area contributed by atoms with E-state index in [4.69, 9.17) is 33.2 Å². The number of ketones is 1. The van der Waals surface area contributed by atoms with Gasteiger partial charge in [-0.05, 0) is 87.9 Å². The third kappa shape index (κ3) is 8.18. The van der Waals surface area contributed by atoms with Gasteiger partial charge in [0.25, 0.3) is 0 Å². The number of methoxy groups -OCH3 is 1. The molecule has 65 heavy (non-hydrogen) atoms. The van der Waals surface area contributed by atoms with E-state index in [9.17, 15) is 39.3 Å².